The fraction of sp³-hybridized carbons (Fsp3) is 0.632. The smallest absolute Gasteiger partial charge is 0.191 e. The van der Waals surface area contributed by atoms with E-state index in [2.05, 4.69) is 24.5 Å². The molecule has 134 valence electrons. The third-order valence-corrected chi connectivity index (χ3v) is 5.01. The molecule has 0 amide bonds. The monoisotopic (exact) mass is 333 g/mol. The minimum absolute atomic E-state index is 0.472. The molecule has 1 aliphatic carbocycles. The van der Waals surface area contributed by atoms with Gasteiger partial charge in [0.05, 0.1) is 20.8 Å². The number of guanidine groups is 1. The van der Waals surface area contributed by atoms with E-state index in [1.165, 1.54) is 25.7 Å². The van der Waals surface area contributed by atoms with Gasteiger partial charge in [-0.05, 0) is 49.3 Å². The van der Waals surface area contributed by atoms with E-state index in [0.29, 0.717) is 12.0 Å². The topological polar surface area (TPSA) is 54.9 Å². The maximum Gasteiger partial charge on any atom is 0.191 e. The molecule has 0 heterocycles. The second-order valence-corrected chi connectivity index (χ2v) is 6.45. The molecule has 0 aliphatic heterocycles. The first-order valence-corrected chi connectivity index (χ1v) is 8.89. The van der Waals surface area contributed by atoms with E-state index in [4.69, 9.17) is 14.5 Å². The minimum Gasteiger partial charge on any atom is -0.493 e. The lowest BCUT2D eigenvalue weighted by molar-refractivity contribution is 0.131. The number of hydrogen-bond donors (Lipinski definition) is 2. The average Bonchev–Trinajstić information content (AvgIpc) is 2.58. The normalized spacial score (nSPS) is 16.2. The molecule has 5 heteroatoms. The molecular weight excluding hydrogens is 302 g/mol. The highest BCUT2D eigenvalue weighted by atomic mass is 16.5. The van der Waals surface area contributed by atoms with Crippen molar-refractivity contribution in [2.45, 2.75) is 46.1 Å². The largest absolute Gasteiger partial charge is 0.493 e. The molecule has 2 N–H and O–H groups in total. The van der Waals surface area contributed by atoms with Crippen LogP contribution in [0.1, 0.15) is 45.1 Å². The van der Waals surface area contributed by atoms with E-state index < -0.39 is 0 Å². The first kappa shape index (κ1) is 18.4. The summed E-state index contributed by atoms with van der Waals surface area (Å²) in [5, 5.41) is 6.85. The summed E-state index contributed by atoms with van der Waals surface area (Å²) in [6.45, 7) is 6.84. The summed E-state index contributed by atoms with van der Waals surface area (Å²) in [5.41, 5.74) is 1.57. The molecule has 0 bridgehead atoms. The van der Waals surface area contributed by atoms with Gasteiger partial charge in [-0.2, -0.15) is 0 Å². The second-order valence-electron chi connectivity index (χ2n) is 6.45. The Morgan fingerprint density at radius 3 is 2.42 bits per heavy atom. The van der Waals surface area contributed by atoms with Gasteiger partial charge >= 0.3 is 0 Å². The van der Waals surface area contributed by atoms with Gasteiger partial charge in [-0.1, -0.05) is 19.4 Å². The molecule has 1 saturated carbocycles. The van der Waals surface area contributed by atoms with Crippen LogP contribution in [0, 0.1) is 5.41 Å². The molecule has 1 aromatic rings. The molecule has 0 saturated heterocycles. The zero-order valence-corrected chi connectivity index (χ0v) is 15.4. The Morgan fingerprint density at radius 1 is 1.12 bits per heavy atom. The SMILES string of the molecule is CCNC(=NCc1ccc(OC)c(OC)c1)NCC1(CC)CCC1. The van der Waals surface area contributed by atoms with Crippen LogP contribution in [0.15, 0.2) is 23.2 Å². The summed E-state index contributed by atoms with van der Waals surface area (Å²) in [4.78, 5) is 4.71. The van der Waals surface area contributed by atoms with Crippen molar-refractivity contribution < 1.29 is 9.47 Å². The van der Waals surface area contributed by atoms with Crippen molar-refractivity contribution in [2.24, 2.45) is 10.4 Å². The Bertz CT molecular complexity index is 548. The van der Waals surface area contributed by atoms with E-state index >= 15 is 0 Å². The Morgan fingerprint density at radius 2 is 1.88 bits per heavy atom. The molecule has 1 aromatic carbocycles. The number of methoxy groups -OCH3 is 2. The van der Waals surface area contributed by atoms with Gasteiger partial charge in [-0.15, -0.1) is 0 Å². The highest BCUT2D eigenvalue weighted by Crippen LogP contribution is 2.43. The van der Waals surface area contributed by atoms with E-state index in [9.17, 15) is 0 Å². The van der Waals surface area contributed by atoms with Gasteiger partial charge < -0.3 is 20.1 Å². The summed E-state index contributed by atoms with van der Waals surface area (Å²) >= 11 is 0. The predicted molar refractivity (Wildman–Crippen MR) is 98.9 cm³/mol. The molecular formula is C19H31N3O2. The quantitative estimate of drug-likeness (QED) is 0.566. The fourth-order valence-electron chi connectivity index (χ4n) is 3.09. The van der Waals surface area contributed by atoms with E-state index in [-0.39, 0.29) is 0 Å². The maximum atomic E-state index is 5.36. The lowest BCUT2D eigenvalue weighted by Gasteiger charge is -2.41. The molecule has 5 nitrogen and oxygen atoms in total. The third kappa shape index (κ3) is 4.56. The van der Waals surface area contributed by atoms with Crippen LogP contribution in [0.3, 0.4) is 0 Å². The summed E-state index contributed by atoms with van der Waals surface area (Å²) in [5.74, 6) is 2.36. The van der Waals surface area contributed by atoms with Crippen LogP contribution in [0.4, 0.5) is 0 Å². The summed E-state index contributed by atoms with van der Waals surface area (Å²) in [6, 6.07) is 5.92. The zero-order valence-electron chi connectivity index (χ0n) is 15.4. The van der Waals surface area contributed by atoms with Crippen LogP contribution in [-0.4, -0.2) is 33.3 Å². The molecule has 0 atom stereocenters. The highest BCUT2D eigenvalue weighted by molar-refractivity contribution is 5.79. The van der Waals surface area contributed by atoms with E-state index in [1.54, 1.807) is 14.2 Å². The van der Waals surface area contributed by atoms with Gasteiger partial charge in [-0.25, -0.2) is 4.99 Å². The first-order valence-electron chi connectivity index (χ1n) is 8.89. The summed E-state index contributed by atoms with van der Waals surface area (Å²) in [7, 11) is 3.30. The van der Waals surface area contributed by atoms with Gasteiger partial charge in [0.2, 0.25) is 0 Å². The van der Waals surface area contributed by atoms with Gasteiger partial charge in [0, 0.05) is 13.1 Å². The first-order chi connectivity index (χ1) is 11.7. The molecule has 2 rings (SSSR count). The Labute approximate surface area is 145 Å². The van der Waals surface area contributed by atoms with Crippen molar-refractivity contribution in [3.63, 3.8) is 0 Å². The fourth-order valence-corrected chi connectivity index (χ4v) is 3.09. The van der Waals surface area contributed by atoms with Gasteiger partial charge in [0.15, 0.2) is 17.5 Å². The van der Waals surface area contributed by atoms with Gasteiger partial charge in [0.1, 0.15) is 0 Å². The van der Waals surface area contributed by atoms with Crippen LogP contribution in [0.5, 0.6) is 11.5 Å². The van der Waals surface area contributed by atoms with Gasteiger partial charge in [0.25, 0.3) is 0 Å². The van der Waals surface area contributed by atoms with E-state index in [0.717, 1.165) is 36.1 Å². The number of ether oxygens (including phenoxy) is 2. The molecule has 1 fully saturated rings. The number of aliphatic imine (C=N–C) groups is 1. The average molecular weight is 333 g/mol. The third-order valence-electron chi connectivity index (χ3n) is 5.01. The van der Waals surface area contributed by atoms with Crippen LogP contribution in [0.2, 0.25) is 0 Å². The number of hydrogen-bond acceptors (Lipinski definition) is 3. The Balaban J connectivity index is 1.99. The lowest BCUT2D eigenvalue weighted by atomic mass is 9.67. The van der Waals surface area contributed by atoms with Crippen molar-refractivity contribution in [2.75, 3.05) is 27.3 Å². The molecule has 0 radical (unpaired) electrons. The number of nitrogens with one attached hydrogen (secondary N) is 2. The van der Waals surface area contributed by atoms with Crippen LogP contribution in [-0.2, 0) is 6.54 Å². The predicted octanol–water partition coefficient (Wildman–Crippen LogP) is 3.34. The van der Waals surface area contributed by atoms with Crippen molar-refractivity contribution in [1.29, 1.82) is 0 Å². The van der Waals surface area contributed by atoms with Gasteiger partial charge in [-0.3, -0.25) is 0 Å². The lowest BCUT2D eigenvalue weighted by Crippen LogP contribution is -2.46. The second kappa shape index (κ2) is 8.81. The standard InChI is InChI=1S/C19H31N3O2/c1-5-19(10-7-11-19)14-22-18(20-6-2)21-13-15-8-9-16(23-3)17(12-15)24-4/h8-9,12H,5-7,10-11,13-14H2,1-4H3,(H2,20,21,22). The van der Waals surface area contributed by atoms with Crippen LogP contribution >= 0.6 is 0 Å². The van der Waals surface area contributed by atoms with Crippen molar-refractivity contribution >= 4 is 5.96 Å². The Kier molecular flexibility index (Phi) is 6.76. The molecule has 0 spiro atoms. The molecule has 0 unspecified atom stereocenters. The van der Waals surface area contributed by atoms with Crippen molar-refractivity contribution in [3.05, 3.63) is 23.8 Å². The molecule has 24 heavy (non-hydrogen) atoms. The van der Waals surface area contributed by atoms with E-state index in [1.807, 2.05) is 18.2 Å². The summed E-state index contributed by atoms with van der Waals surface area (Å²) < 4.78 is 10.6. The molecule has 1 aliphatic rings. The highest BCUT2D eigenvalue weighted by Gasteiger charge is 2.34. The zero-order chi connectivity index (χ0) is 17.4. The maximum absolute atomic E-state index is 5.36. The minimum atomic E-state index is 0.472. The Hall–Kier alpha value is -1.91. The van der Waals surface area contributed by atoms with Crippen LogP contribution < -0.4 is 20.1 Å². The number of rotatable bonds is 8. The summed E-state index contributed by atoms with van der Waals surface area (Å²) in [6.07, 6.45) is 5.24. The number of nitrogens with zero attached hydrogens (tertiary/aromatic N) is 1. The number of benzene rings is 1. The molecule has 0 aromatic heterocycles. The van der Waals surface area contributed by atoms with Crippen molar-refractivity contribution in [3.8, 4) is 11.5 Å². The van der Waals surface area contributed by atoms with Crippen LogP contribution in [0.25, 0.3) is 0 Å². The van der Waals surface area contributed by atoms with Crippen molar-refractivity contribution in [1.82, 2.24) is 10.6 Å².